The first-order valence-electron chi connectivity index (χ1n) is 9.45. The first kappa shape index (κ1) is 20.3. The van der Waals surface area contributed by atoms with E-state index in [9.17, 15) is 0 Å². The summed E-state index contributed by atoms with van der Waals surface area (Å²) in [5, 5.41) is 7.98. The second-order valence-corrected chi connectivity index (χ2v) is 9.01. The smallest absolute Gasteiger partial charge is 0.191 e. The number of thiophene rings is 1. The predicted octanol–water partition coefficient (Wildman–Crippen LogP) is 2.81. The van der Waals surface area contributed by atoms with Crippen molar-refractivity contribution < 1.29 is 4.74 Å². The number of morpholine rings is 1. The molecule has 0 bridgehead atoms. The van der Waals surface area contributed by atoms with Crippen molar-refractivity contribution >= 4 is 28.6 Å². The summed E-state index contributed by atoms with van der Waals surface area (Å²) in [5.41, 5.74) is 0. The van der Waals surface area contributed by atoms with Crippen molar-refractivity contribution in [2.75, 3.05) is 39.9 Å². The molecule has 1 aliphatic heterocycles. The zero-order valence-corrected chi connectivity index (χ0v) is 18.0. The highest BCUT2D eigenvalue weighted by Gasteiger charge is 2.24. The summed E-state index contributed by atoms with van der Waals surface area (Å²) in [4.78, 5) is 15.4. The SMILES string of the molecule is CCc1cnc(CNC(=NC)NCC(c2ccc(C)s2)N2CCOCC2)s1. The van der Waals surface area contributed by atoms with Crippen LogP contribution in [0.3, 0.4) is 0 Å². The largest absolute Gasteiger partial charge is 0.379 e. The minimum Gasteiger partial charge on any atom is -0.379 e. The van der Waals surface area contributed by atoms with E-state index in [1.807, 2.05) is 24.6 Å². The maximum atomic E-state index is 5.54. The fraction of sp³-hybridized carbons (Fsp3) is 0.579. The van der Waals surface area contributed by atoms with E-state index in [0.717, 1.165) is 50.2 Å². The molecule has 2 aromatic heterocycles. The molecule has 3 rings (SSSR count). The first-order chi connectivity index (χ1) is 13.2. The van der Waals surface area contributed by atoms with Gasteiger partial charge in [-0.1, -0.05) is 6.92 Å². The van der Waals surface area contributed by atoms with Crippen molar-refractivity contribution in [1.82, 2.24) is 20.5 Å². The maximum Gasteiger partial charge on any atom is 0.191 e. The molecule has 8 heteroatoms. The molecule has 0 aromatic carbocycles. The molecule has 0 aliphatic carbocycles. The Labute approximate surface area is 169 Å². The third-order valence-corrected chi connectivity index (χ3v) is 6.86. The Morgan fingerprint density at radius 2 is 2.11 bits per heavy atom. The van der Waals surface area contributed by atoms with Gasteiger partial charge >= 0.3 is 0 Å². The molecule has 6 nitrogen and oxygen atoms in total. The number of hydrogen-bond acceptors (Lipinski definition) is 6. The monoisotopic (exact) mass is 407 g/mol. The van der Waals surface area contributed by atoms with Crippen molar-refractivity contribution in [1.29, 1.82) is 0 Å². The Bertz CT molecular complexity index is 736. The highest BCUT2D eigenvalue weighted by molar-refractivity contribution is 7.12. The number of ether oxygens (including phenoxy) is 1. The lowest BCUT2D eigenvalue weighted by atomic mass is 10.2. The second-order valence-electron chi connectivity index (χ2n) is 6.49. The molecule has 0 saturated carbocycles. The van der Waals surface area contributed by atoms with Crippen LogP contribution in [0.4, 0.5) is 0 Å². The van der Waals surface area contributed by atoms with Crippen molar-refractivity contribution in [2.24, 2.45) is 4.99 Å². The summed E-state index contributed by atoms with van der Waals surface area (Å²) in [6.45, 7) is 9.38. The summed E-state index contributed by atoms with van der Waals surface area (Å²) in [6.07, 6.45) is 3.00. The van der Waals surface area contributed by atoms with Gasteiger partial charge in [0.1, 0.15) is 5.01 Å². The number of nitrogens with zero attached hydrogens (tertiary/aromatic N) is 3. The Balaban J connectivity index is 1.58. The van der Waals surface area contributed by atoms with Crippen LogP contribution >= 0.6 is 22.7 Å². The van der Waals surface area contributed by atoms with Crippen LogP contribution < -0.4 is 10.6 Å². The van der Waals surface area contributed by atoms with E-state index in [-0.39, 0.29) is 0 Å². The van der Waals surface area contributed by atoms with E-state index in [2.05, 4.69) is 51.5 Å². The van der Waals surface area contributed by atoms with Gasteiger partial charge in [-0.3, -0.25) is 9.89 Å². The van der Waals surface area contributed by atoms with E-state index in [0.29, 0.717) is 12.6 Å². The molecular formula is C19H29N5OS2. The van der Waals surface area contributed by atoms with Gasteiger partial charge < -0.3 is 15.4 Å². The van der Waals surface area contributed by atoms with Crippen LogP contribution in [0.15, 0.2) is 23.3 Å². The normalized spacial score (nSPS) is 17.1. The van der Waals surface area contributed by atoms with Crippen LogP contribution in [0, 0.1) is 6.92 Å². The lowest BCUT2D eigenvalue weighted by molar-refractivity contribution is 0.0177. The van der Waals surface area contributed by atoms with Gasteiger partial charge in [-0.05, 0) is 25.5 Å². The molecule has 2 aromatic rings. The van der Waals surface area contributed by atoms with Crippen LogP contribution in [-0.2, 0) is 17.7 Å². The number of nitrogens with one attached hydrogen (secondary N) is 2. The lowest BCUT2D eigenvalue weighted by Gasteiger charge is -2.34. The van der Waals surface area contributed by atoms with Crippen LogP contribution in [0.2, 0.25) is 0 Å². The van der Waals surface area contributed by atoms with E-state index in [1.165, 1.54) is 14.6 Å². The molecule has 0 spiro atoms. The van der Waals surface area contributed by atoms with Gasteiger partial charge in [-0.15, -0.1) is 22.7 Å². The standard InChI is InChI=1S/C19H29N5OS2/c1-4-15-11-21-18(27-15)13-23-19(20-3)22-12-16(17-6-5-14(2)26-17)24-7-9-25-10-8-24/h5-6,11,16H,4,7-10,12-13H2,1-3H3,(H2,20,22,23). The molecule has 1 aliphatic rings. The molecule has 0 amide bonds. The van der Waals surface area contributed by atoms with Crippen molar-refractivity contribution in [3.63, 3.8) is 0 Å². The zero-order valence-electron chi connectivity index (χ0n) is 16.3. The van der Waals surface area contributed by atoms with Gasteiger partial charge in [0.15, 0.2) is 5.96 Å². The van der Waals surface area contributed by atoms with Gasteiger partial charge in [0, 0.05) is 47.5 Å². The summed E-state index contributed by atoms with van der Waals surface area (Å²) >= 11 is 3.63. The average Bonchev–Trinajstić information content (AvgIpc) is 3.34. The van der Waals surface area contributed by atoms with Crippen molar-refractivity contribution in [3.8, 4) is 0 Å². The van der Waals surface area contributed by atoms with E-state index < -0.39 is 0 Å². The number of aliphatic imine (C=N–C) groups is 1. The maximum absolute atomic E-state index is 5.54. The average molecular weight is 408 g/mol. The molecule has 1 fully saturated rings. The number of guanidine groups is 1. The minimum absolute atomic E-state index is 0.331. The number of rotatable bonds is 7. The molecule has 27 heavy (non-hydrogen) atoms. The van der Waals surface area contributed by atoms with Crippen molar-refractivity contribution in [2.45, 2.75) is 32.9 Å². The number of thiazole rings is 1. The van der Waals surface area contributed by atoms with Gasteiger partial charge in [0.05, 0.1) is 25.8 Å². The van der Waals surface area contributed by atoms with Gasteiger partial charge in [-0.25, -0.2) is 4.98 Å². The first-order valence-corrected chi connectivity index (χ1v) is 11.1. The van der Waals surface area contributed by atoms with Crippen molar-refractivity contribution in [3.05, 3.63) is 38.0 Å². The third kappa shape index (κ3) is 5.75. The molecule has 148 valence electrons. The molecule has 1 saturated heterocycles. The van der Waals surface area contributed by atoms with Crippen LogP contribution in [0.5, 0.6) is 0 Å². The fourth-order valence-corrected chi connectivity index (χ4v) is 4.91. The van der Waals surface area contributed by atoms with Gasteiger partial charge in [0.25, 0.3) is 0 Å². The lowest BCUT2D eigenvalue weighted by Crippen LogP contribution is -2.46. The fourth-order valence-electron chi connectivity index (χ4n) is 3.10. The second kappa shape index (κ2) is 10.2. The quantitative estimate of drug-likeness (QED) is 0.546. The molecular weight excluding hydrogens is 378 g/mol. The minimum atomic E-state index is 0.331. The third-order valence-electron chi connectivity index (χ3n) is 4.62. The molecule has 1 atom stereocenters. The summed E-state index contributed by atoms with van der Waals surface area (Å²) < 4.78 is 5.54. The number of aromatic nitrogens is 1. The van der Waals surface area contributed by atoms with E-state index >= 15 is 0 Å². The molecule has 3 heterocycles. The summed E-state index contributed by atoms with van der Waals surface area (Å²) in [7, 11) is 1.81. The number of hydrogen-bond donors (Lipinski definition) is 2. The van der Waals surface area contributed by atoms with Crippen LogP contribution in [-0.4, -0.2) is 55.7 Å². The number of aryl methyl sites for hydroxylation is 2. The summed E-state index contributed by atoms with van der Waals surface area (Å²) in [5.74, 6) is 0.815. The van der Waals surface area contributed by atoms with Gasteiger partial charge in [-0.2, -0.15) is 0 Å². The topological polar surface area (TPSA) is 61.8 Å². The zero-order chi connectivity index (χ0) is 19.1. The Morgan fingerprint density at radius 3 is 2.74 bits per heavy atom. The molecule has 2 N–H and O–H groups in total. The highest BCUT2D eigenvalue weighted by Crippen LogP contribution is 2.27. The summed E-state index contributed by atoms with van der Waals surface area (Å²) in [6, 6.07) is 4.78. The Kier molecular flexibility index (Phi) is 7.63. The van der Waals surface area contributed by atoms with Crippen LogP contribution in [0.25, 0.3) is 0 Å². The Morgan fingerprint density at radius 1 is 1.30 bits per heavy atom. The van der Waals surface area contributed by atoms with E-state index in [1.54, 1.807) is 11.3 Å². The van der Waals surface area contributed by atoms with E-state index in [4.69, 9.17) is 4.74 Å². The highest BCUT2D eigenvalue weighted by atomic mass is 32.1. The molecule has 0 radical (unpaired) electrons. The Hall–Kier alpha value is -1.48. The predicted molar refractivity (Wildman–Crippen MR) is 114 cm³/mol. The molecule has 1 unspecified atom stereocenters. The van der Waals surface area contributed by atoms with Gasteiger partial charge in [0.2, 0.25) is 0 Å². The van der Waals surface area contributed by atoms with Crippen LogP contribution in [0.1, 0.15) is 32.6 Å².